The van der Waals surface area contributed by atoms with Crippen molar-refractivity contribution in [3.63, 3.8) is 0 Å². The van der Waals surface area contributed by atoms with Gasteiger partial charge in [0.25, 0.3) is 0 Å². The molecule has 0 saturated heterocycles. The van der Waals surface area contributed by atoms with E-state index in [2.05, 4.69) is 5.32 Å². The third-order valence-electron chi connectivity index (χ3n) is 3.62. The van der Waals surface area contributed by atoms with Gasteiger partial charge in [-0.1, -0.05) is 18.2 Å². The number of aryl methyl sites for hydroxylation is 1. The van der Waals surface area contributed by atoms with E-state index >= 15 is 0 Å². The fourth-order valence-electron chi connectivity index (χ4n) is 2.48. The number of amides is 1. The Bertz CT molecular complexity index is 745. The average Bonchev–Trinajstić information content (AvgIpc) is 2.82. The molecule has 0 spiro atoms. The summed E-state index contributed by atoms with van der Waals surface area (Å²) in [5.74, 6) is -1.40. The van der Waals surface area contributed by atoms with Crippen LogP contribution in [0.1, 0.15) is 27.6 Å². The fraction of sp³-hybridized carbons (Fsp3) is 0.188. The predicted molar refractivity (Wildman–Crippen MR) is 77.6 cm³/mol. The molecule has 21 heavy (non-hydrogen) atoms. The number of hydrogen-bond donors (Lipinski definition) is 1. The van der Waals surface area contributed by atoms with Crippen molar-refractivity contribution in [3.05, 3.63) is 64.2 Å². The molecular formula is C16H12ClF2NO. The highest BCUT2D eigenvalue weighted by Crippen LogP contribution is 2.36. The summed E-state index contributed by atoms with van der Waals surface area (Å²) in [6.45, 7) is 1.56. The molecule has 1 amide bonds. The van der Waals surface area contributed by atoms with Gasteiger partial charge < -0.3 is 5.32 Å². The summed E-state index contributed by atoms with van der Waals surface area (Å²) in [4.78, 5) is 11.3. The molecule has 108 valence electrons. The topological polar surface area (TPSA) is 29.1 Å². The molecule has 1 heterocycles. The summed E-state index contributed by atoms with van der Waals surface area (Å²) in [5, 5.41) is 1.77. The van der Waals surface area contributed by atoms with E-state index in [0.717, 1.165) is 11.3 Å². The Morgan fingerprint density at radius 2 is 2.00 bits per heavy atom. The maximum atomic E-state index is 14.1. The third-order valence-corrected chi connectivity index (χ3v) is 4.09. The molecule has 0 bridgehead atoms. The molecule has 2 nitrogen and oxygen atoms in total. The van der Waals surface area contributed by atoms with Gasteiger partial charge >= 0.3 is 0 Å². The van der Waals surface area contributed by atoms with E-state index in [1.54, 1.807) is 25.1 Å². The molecule has 1 atom stereocenters. The molecular weight excluding hydrogens is 296 g/mol. The molecule has 2 aromatic rings. The first kappa shape index (κ1) is 14.0. The summed E-state index contributed by atoms with van der Waals surface area (Å²) in [6, 6.07) is 7.68. The minimum absolute atomic E-state index is 0.0961. The first-order valence-corrected chi connectivity index (χ1v) is 6.92. The van der Waals surface area contributed by atoms with Crippen LogP contribution in [0.2, 0.25) is 0 Å². The lowest BCUT2D eigenvalue weighted by Crippen LogP contribution is -2.03. The number of anilines is 1. The van der Waals surface area contributed by atoms with E-state index < -0.39 is 17.0 Å². The van der Waals surface area contributed by atoms with Crippen LogP contribution in [0.25, 0.3) is 0 Å². The van der Waals surface area contributed by atoms with Crippen molar-refractivity contribution in [2.45, 2.75) is 18.7 Å². The van der Waals surface area contributed by atoms with Crippen molar-refractivity contribution in [2.75, 3.05) is 5.32 Å². The summed E-state index contributed by atoms with van der Waals surface area (Å²) in [5.41, 5.74) is 2.26. The van der Waals surface area contributed by atoms with E-state index in [1.807, 2.05) is 0 Å². The summed E-state index contributed by atoms with van der Waals surface area (Å²) in [7, 11) is 0. The molecule has 1 aliphatic heterocycles. The molecule has 1 aliphatic rings. The highest BCUT2D eigenvalue weighted by Gasteiger charge is 2.24. The zero-order chi connectivity index (χ0) is 15.1. The summed E-state index contributed by atoms with van der Waals surface area (Å²) < 4.78 is 28.1. The Kier molecular flexibility index (Phi) is 3.41. The lowest BCUT2D eigenvalue weighted by atomic mass is 9.99. The molecule has 0 fully saturated rings. The van der Waals surface area contributed by atoms with Gasteiger partial charge in [0.1, 0.15) is 11.6 Å². The number of nitrogens with one attached hydrogen (secondary N) is 1. The summed E-state index contributed by atoms with van der Waals surface area (Å²) in [6.07, 6.45) is 0.256. The van der Waals surface area contributed by atoms with Crippen LogP contribution < -0.4 is 5.32 Å². The van der Waals surface area contributed by atoms with Crippen LogP contribution in [0.4, 0.5) is 14.5 Å². The Balaban J connectivity index is 2.04. The number of alkyl halides is 1. The number of hydrogen-bond acceptors (Lipinski definition) is 1. The van der Waals surface area contributed by atoms with Crippen LogP contribution in [0.15, 0.2) is 30.3 Å². The summed E-state index contributed by atoms with van der Waals surface area (Å²) >= 11 is 6.27. The second kappa shape index (κ2) is 5.11. The van der Waals surface area contributed by atoms with Gasteiger partial charge in [-0.3, -0.25) is 4.79 Å². The first-order valence-electron chi connectivity index (χ1n) is 6.48. The molecule has 0 saturated carbocycles. The van der Waals surface area contributed by atoms with Gasteiger partial charge in [-0.2, -0.15) is 0 Å². The number of fused-ring (bicyclic) bond motifs is 1. The first-order chi connectivity index (χ1) is 9.97. The molecule has 0 aromatic heterocycles. The van der Waals surface area contributed by atoms with Crippen LogP contribution in [0, 0.1) is 18.6 Å². The number of benzene rings is 2. The van der Waals surface area contributed by atoms with Crippen molar-refractivity contribution in [2.24, 2.45) is 0 Å². The third kappa shape index (κ3) is 2.40. The normalized spacial score (nSPS) is 14.8. The maximum Gasteiger partial charge on any atom is 0.228 e. The Morgan fingerprint density at radius 1 is 1.24 bits per heavy atom. The van der Waals surface area contributed by atoms with E-state index in [1.165, 1.54) is 12.1 Å². The van der Waals surface area contributed by atoms with Crippen molar-refractivity contribution in [1.29, 1.82) is 0 Å². The standard InChI is InChI=1S/C16H12ClF2NO/c1-8-2-4-11(18)14(16(8)19)15(17)9-3-5-12-10(6-9)7-13(21)20-12/h2-6,15H,7H2,1H3,(H,20,21). The van der Waals surface area contributed by atoms with Crippen LogP contribution in [0.3, 0.4) is 0 Å². The molecule has 2 aromatic carbocycles. The van der Waals surface area contributed by atoms with E-state index in [4.69, 9.17) is 11.6 Å². The molecule has 0 radical (unpaired) electrons. The molecule has 0 aliphatic carbocycles. The number of carbonyl (C=O) groups is 1. The van der Waals surface area contributed by atoms with Crippen LogP contribution in [-0.2, 0) is 11.2 Å². The lowest BCUT2D eigenvalue weighted by Gasteiger charge is -2.14. The second-order valence-electron chi connectivity index (χ2n) is 5.10. The van der Waals surface area contributed by atoms with Crippen molar-refractivity contribution < 1.29 is 13.6 Å². The number of rotatable bonds is 2. The van der Waals surface area contributed by atoms with Gasteiger partial charge in [0.15, 0.2) is 0 Å². The van der Waals surface area contributed by atoms with Crippen LogP contribution in [0.5, 0.6) is 0 Å². The SMILES string of the molecule is Cc1ccc(F)c(C(Cl)c2ccc3c(c2)CC(=O)N3)c1F. The van der Waals surface area contributed by atoms with Crippen molar-refractivity contribution in [1.82, 2.24) is 0 Å². The quantitative estimate of drug-likeness (QED) is 0.832. The largest absolute Gasteiger partial charge is 0.326 e. The van der Waals surface area contributed by atoms with Gasteiger partial charge in [0, 0.05) is 11.3 Å². The number of carbonyl (C=O) groups excluding carboxylic acids is 1. The molecule has 3 rings (SSSR count). The van der Waals surface area contributed by atoms with E-state index in [0.29, 0.717) is 11.1 Å². The van der Waals surface area contributed by atoms with Crippen molar-refractivity contribution >= 4 is 23.2 Å². The van der Waals surface area contributed by atoms with Gasteiger partial charge in [-0.25, -0.2) is 8.78 Å². The molecule has 1 N–H and O–H groups in total. The Labute approximate surface area is 125 Å². The second-order valence-corrected chi connectivity index (χ2v) is 5.53. The Hall–Kier alpha value is -1.94. The number of halogens is 3. The van der Waals surface area contributed by atoms with Crippen LogP contribution in [-0.4, -0.2) is 5.91 Å². The van der Waals surface area contributed by atoms with Crippen molar-refractivity contribution in [3.8, 4) is 0 Å². The minimum Gasteiger partial charge on any atom is -0.326 e. The van der Waals surface area contributed by atoms with Gasteiger partial charge in [-0.05, 0) is 35.7 Å². The highest BCUT2D eigenvalue weighted by atomic mass is 35.5. The molecule has 5 heteroatoms. The Morgan fingerprint density at radius 3 is 2.76 bits per heavy atom. The predicted octanol–water partition coefficient (Wildman–Crippen LogP) is 4.10. The zero-order valence-electron chi connectivity index (χ0n) is 11.2. The highest BCUT2D eigenvalue weighted by molar-refractivity contribution is 6.22. The minimum atomic E-state index is -0.939. The fourth-order valence-corrected chi connectivity index (χ4v) is 2.82. The lowest BCUT2D eigenvalue weighted by molar-refractivity contribution is -0.115. The average molecular weight is 308 g/mol. The van der Waals surface area contributed by atoms with Gasteiger partial charge in [-0.15, -0.1) is 11.6 Å². The van der Waals surface area contributed by atoms with E-state index in [9.17, 15) is 13.6 Å². The zero-order valence-corrected chi connectivity index (χ0v) is 12.0. The van der Waals surface area contributed by atoms with Crippen LogP contribution >= 0.6 is 11.6 Å². The van der Waals surface area contributed by atoms with Gasteiger partial charge in [0.2, 0.25) is 5.91 Å². The smallest absolute Gasteiger partial charge is 0.228 e. The monoisotopic (exact) mass is 307 g/mol. The van der Waals surface area contributed by atoms with Gasteiger partial charge in [0.05, 0.1) is 11.8 Å². The maximum absolute atomic E-state index is 14.1. The van der Waals surface area contributed by atoms with E-state index in [-0.39, 0.29) is 17.9 Å². The molecule has 1 unspecified atom stereocenters.